The number of hydrogen-bond acceptors (Lipinski definition) is 3. The van der Waals surface area contributed by atoms with Gasteiger partial charge < -0.3 is 10.1 Å². The van der Waals surface area contributed by atoms with Crippen LogP contribution in [-0.2, 0) is 4.79 Å². The second-order valence-corrected chi connectivity index (χ2v) is 2.69. The molecule has 2 nitrogen and oxygen atoms in total. The molecule has 1 N–H and O–H groups in total. The summed E-state index contributed by atoms with van der Waals surface area (Å²) in [5.41, 5.74) is 0. The molecule has 0 fully saturated rings. The highest BCUT2D eigenvalue weighted by molar-refractivity contribution is 7.80. The lowest BCUT2D eigenvalue weighted by Gasteiger charge is -2.12. The van der Waals surface area contributed by atoms with Crippen molar-refractivity contribution in [2.24, 2.45) is 0 Å². The molecule has 0 bridgehead atoms. The van der Waals surface area contributed by atoms with Gasteiger partial charge in [-0.2, -0.15) is 12.6 Å². The molecule has 0 spiro atoms. The van der Waals surface area contributed by atoms with Crippen molar-refractivity contribution in [1.82, 2.24) is 5.32 Å². The Hall–Kier alpha value is -0.0200. The van der Waals surface area contributed by atoms with E-state index >= 15 is 0 Å². The topological polar surface area (TPSA) is 29.1 Å². The molecule has 0 aromatic carbocycles. The molecule has 0 radical (unpaired) electrons. The van der Waals surface area contributed by atoms with Crippen molar-refractivity contribution in [2.75, 3.05) is 12.8 Å². The maximum atomic E-state index is 9.98. The summed E-state index contributed by atoms with van der Waals surface area (Å²) in [7, 11) is 1.92. The Morgan fingerprint density at radius 2 is 2.30 bits per heavy atom. The second kappa shape index (κ2) is 7.09. The molecule has 0 aromatic heterocycles. The van der Waals surface area contributed by atoms with E-state index < -0.39 is 0 Å². The van der Waals surface area contributed by atoms with Gasteiger partial charge in [-0.25, -0.2) is 0 Å². The van der Waals surface area contributed by atoms with E-state index in [1.54, 1.807) is 0 Å². The fourth-order valence-electron chi connectivity index (χ4n) is 0.858. The largest absolute Gasteiger partial charge is 0.317 e. The number of carbonyl (C=O) groups is 1. The molecular formula is C7H15NOS. The fourth-order valence-corrected chi connectivity index (χ4v) is 1.17. The highest BCUT2D eigenvalue weighted by atomic mass is 32.1. The standard InChI is InChI=1S/C7H15NOS/c1-8-7(4-6-10)3-2-5-9/h5,7-8,10H,2-4,6H2,1H3. The summed E-state index contributed by atoms with van der Waals surface area (Å²) >= 11 is 4.11. The van der Waals surface area contributed by atoms with Gasteiger partial charge in [-0.1, -0.05) is 0 Å². The van der Waals surface area contributed by atoms with Gasteiger partial charge in [0.1, 0.15) is 6.29 Å². The van der Waals surface area contributed by atoms with E-state index in [0.717, 1.165) is 24.9 Å². The highest BCUT2D eigenvalue weighted by Crippen LogP contribution is 2.00. The Kier molecular flexibility index (Phi) is 7.08. The molecule has 1 unspecified atom stereocenters. The molecule has 0 saturated heterocycles. The third-order valence-electron chi connectivity index (χ3n) is 1.52. The minimum atomic E-state index is 0.461. The van der Waals surface area contributed by atoms with Gasteiger partial charge in [-0.15, -0.1) is 0 Å². The number of rotatable bonds is 6. The first kappa shape index (κ1) is 9.98. The van der Waals surface area contributed by atoms with Crippen LogP contribution in [-0.4, -0.2) is 25.1 Å². The summed E-state index contributed by atoms with van der Waals surface area (Å²) in [6.45, 7) is 0. The Morgan fingerprint density at radius 1 is 1.60 bits per heavy atom. The summed E-state index contributed by atoms with van der Waals surface area (Å²) in [6, 6.07) is 0.461. The molecule has 0 aliphatic heterocycles. The van der Waals surface area contributed by atoms with Crippen LogP contribution in [0.15, 0.2) is 0 Å². The van der Waals surface area contributed by atoms with Crippen molar-refractivity contribution < 1.29 is 4.79 Å². The van der Waals surface area contributed by atoms with Crippen LogP contribution in [0, 0.1) is 0 Å². The summed E-state index contributed by atoms with van der Waals surface area (Å²) < 4.78 is 0. The van der Waals surface area contributed by atoms with Gasteiger partial charge in [0, 0.05) is 12.5 Å². The van der Waals surface area contributed by atoms with Gasteiger partial charge in [-0.3, -0.25) is 0 Å². The van der Waals surface area contributed by atoms with Crippen molar-refractivity contribution in [3.05, 3.63) is 0 Å². The van der Waals surface area contributed by atoms with Crippen LogP contribution in [0.2, 0.25) is 0 Å². The predicted molar refractivity (Wildman–Crippen MR) is 46.6 cm³/mol. The summed E-state index contributed by atoms with van der Waals surface area (Å²) in [5, 5.41) is 3.13. The van der Waals surface area contributed by atoms with E-state index in [2.05, 4.69) is 17.9 Å². The summed E-state index contributed by atoms with van der Waals surface area (Å²) in [5.74, 6) is 0.879. The highest BCUT2D eigenvalue weighted by Gasteiger charge is 2.02. The minimum absolute atomic E-state index is 0.461. The molecule has 0 saturated carbocycles. The minimum Gasteiger partial charge on any atom is -0.317 e. The van der Waals surface area contributed by atoms with Gasteiger partial charge in [0.15, 0.2) is 0 Å². The van der Waals surface area contributed by atoms with Crippen LogP contribution in [0.3, 0.4) is 0 Å². The number of nitrogens with one attached hydrogen (secondary N) is 1. The van der Waals surface area contributed by atoms with Gasteiger partial charge >= 0.3 is 0 Å². The summed E-state index contributed by atoms with van der Waals surface area (Å²) in [4.78, 5) is 9.98. The van der Waals surface area contributed by atoms with Gasteiger partial charge in [-0.05, 0) is 25.6 Å². The molecule has 0 rings (SSSR count). The van der Waals surface area contributed by atoms with Crippen molar-refractivity contribution in [3.63, 3.8) is 0 Å². The Balaban J connectivity index is 3.29. The Morgan fingerprint density at radius 3 is 2.70 bits per heavy atom. The molecule has 1 atom stereocenters. The molecule has 60 valence electrons. The zero-order valence-electron chi connectivity index (χ0n) is 6.34. The van der Waals surface area contributed by atoms with E-state index in [-0.39, 0.29) is 0 Å². The fraction of sp³-hybridized carbons (Fsp3) is 0.857. The third kappa shape index (κ3) is 4.82. The quantitative estimate of drug-likeness (QED) is 0.447. The van der Waals surface area contributed by atoms with Crippen LogP contribution < -0.4 is 5.32 Å². The normalized spacial score (nSPS) is 13.0. The second-order valence-electron chi connectivity index (χ2n) is 2.24. The van der Waals surface area contributed by atoms with Gasteiger partial charge in [0.05, 0.1) is 0 Å². The Bertz CT molecular complexity index is 87.7. The van der Waals surface area contributed by atoms with Crippen LogP contribution in [0.25, 0.3) is 0 Å². The Labute approximate surface area is 67.8 Å². The average Bonchev–Trinajstić information content (AvgIpc) is 1.98. The first-order chi connectivity index (χ1) is 4.85. The van der Waals surface area contributed by atoms with E-state index in [0.29, 0.717) is 12.5 Å². The van der Waals surface area contributed by atoms with Crippen LogP contribution in [0.4, 0.5) is 0 Å². The maximum absolute atomic E-state index is 9.98. The lowest BCUT2D eigenvalue weighted by Crippen LogP contribution is -2.25. The number of aldehydes is 1. The maximum Gasteiger partial charge on any atom is 0.120 e. The lowest BCUT2D eigenvalue weighted by atomic mass is 10.1. The smallest absolute Gasteiger partial charge is 0.120 e. The molecule has 10 heavy (non-hydrogen) atoms. The van der Waals surface area contributed by atoms with Crippen LogP contribution in [0.5, 0.6) is 0 Å². The zero-order valence-corrected chi connectivity index (χ0v) is 7.23. The lowest BCUT2D eigenvalue weighted by molar-refractivity contribution is -0.108. The van der Waals surface area contributed by atoms with Crippen molar-refractivity contribution >= 4 is 18.9 Å². The SMILES string of the molecule is CNC(CCS)CCC=O. The van der Waals surface area contributed by atoms with Gasteiger partial charge in [0.25, 0.3) is 0 Å². The van der Waals surface area contributed by atoms with Crippen molar-refractivity contribution in [2.45, 2.75) is 25.3 Å². The van der Waals surface area contributed by atoms with Crippen LogP contribution >= 0.6 is 12.6 Å². The van der Waals surface area contributed by atoms with E-state index in [4.69, 9.17) is 0 Å². The third-order valence-corrected chi connectivity index (χ3v) is 1.78. The molecule has 0 aliphatic rings. The first-order valence-corrected chi connectivity index (χ1v) is 4.20. The molecule has 0 heterocycles. The summed E-state index contributed by atoms with van der Waals surface area (Å²) in [6.07, 6.45) is 3.58. The van der Waals surface area contributed by atoms with E-state index in [9.17, 15) is 4.79 Å². The molecule has 0 amide bonds. The van der Waals surface area contributed by atoms with Crippen molar-refractivity contribution in [3.8, 4) is 0 Å². The van der Waals surface area contributed by atoms with E-state index in [1.165, 1.54) is 0 Å². The van der Waals surface area contributed by atoms with Crippen molar-refractivity contribution in [1.29, 1.82) is 0 Å². The first-order valence-electron chi connectivity index (χ1n) is 3.57. The molecule has 3 heteroatoms. The molecule has 0 aromatic rings. The van der Waals surface area contributed by atoms with Gasteiger partial charge in [0.2, 0.25) is 0 Å². The van der Waals surface area contributed by atoms with E-state index in [1.807, 2.05) is 7.05 Å². The predicted octanol–water partition coefficient (Wildman–Crippen LogP) is 0.873. The number of carbonyl (C=O) groups excluding carboxylic acids is 1. The zero-order chi connectivity index (χ0) is 7.82. The monoisotopic (exact) mass is 161 g/mol. The average molecular weight is 161 g/mol. The molecular weight excluding hydrogens is 146 g/mol. The molecule has 0 aliphatic carbocycles. The van der Waals surface area contributed by atoms with Crippen LogP contribution in [0.1, 0.15) is 19.3 Å². The number of hydrogen-bond donors (Lipinski definition) is 2. The number of thiol groups is 1.